The molecule has 0 saturated heterocycles. The van der Waals surface area contributed by atoms with Crippen LogP contribution in [0.25, 0.3) is 0 Å². The van der Waals surface area contributed by atoms with Crippen molar-refractivity contribution in [1.82, 2.24) is 5.32 Å². The molecule has 1 aromatic rings. The maximum atomic E-state index is 5.95. The SMILES string of the molecule is CNCC(C)Oc1c(C)cc(Cl)cc1C. The van der Waals surface area contributed by atoms with E-state index in [2.05, 4.69) is 5.32 Å². The number of aryl methyl sites for hydroxylation is 2. The van der Waals surface area contributed by atoms with Crippen molar-refractivity contribution < 1.29 is 4.74 Å². The molecule has 0 aromatic heterocycles. The summed E-state index contributed by atoms with van der Waals surface area (Å²) in [5.74, 6) is 0.946. The third-order valence-electron chi connectivity index (χ3n) is 2.24. The average molecular weight is 228 g/mol. The Balaban J connectivity index is 2.85. The van der Waals surface area contributed by atoms with E-state index in [1.165, 1.54) is 0 Å². The molecule has 1 atom stereocenters. The summed E-state index contributed by atoms with van der Waals surface area (Å²) in [7, 11) is 1.92. The molecule has 0 radical (unpaired) electrons. The van der Waals surface area contributed by atoms with E-state index in [4.69, 9.17) is 16.3 Å². The van der Waals surface area contributed by atoms with Crippen LogP contribution in [0.3, 0.4) is 0 Å². The zero-order valence-corrected chi connectivity index (χ0v) is 10.5. The molecule has 1 aromatic carbocycles. The van der Waals surface area contributed by atoms with Gasteiger partial charge in [0, 0.05) is 11.6 Å². The number of benzene rings is 1. The summed E-state index contributed by atoms with van der Waals surface area (Å²) in [6.07, 6.45) is 0.161. The largest absolute Gasteiger partial charge is 0.489 e. The zero-order valence-electron chi connectivity index (χ0n) is 9.73. The van der Waals surface area contributed by atoms with Crippen molar-refractivity contribution in [1.29, 1.82) is 0 Å². The summed E-state index contributed by atoms with van der Waals surface area (Å²) in [6, 6.07) is 3.85. The molecule has 0 aliphatic heterocycles. The number of ether oxygens (including phenoxy) is 1. The van der Waals surface area contributed by atoms with Crippen molar-refractivity contribution in [2.45, 2.75) is 26.9 Å². The predicted octanol–water partition coefficient (Wildman–Crippen LogP) is 2.94. The van der Waals surface area contributed by atoms with Gasteiger partial charge in [0.25, 0.3) is 0 Å². The highest BCUT2D eigenvalue weighted by atomic mass is 35.5. The summed E-state index contributed by atoms with van der Waals surface area (Å²) >= 11 is 5.95. The molecule has 0 heterocycles. The Kier molecular flexibility index (Phi) is 4.43. The smallest absolute Gasteiger partial charge is 0.125 e. The van der Waals surface area contributed by atoms with E-state index < -0.39 is 0 Å². The predicted molar refractivity (Wildman–Crippen MR) is 64.9 cm³/mol. The standard InChI is InChI=1S/C12H18ClNO/c1-8-5-11(13)6-9(2)12(8)15-10(3)7-14-4/h5-6,10,14H,7H2,1-4H3. The van der Waals surface area contributed by atoms with E-state index in [1.54, 1.807) is 0 Å². The van der Waals surface area contributed by atoms with Crippen LogP contribution in [-0.2, 0) is 0 Å². The lowest BCUT2D eigenvalue weighted by Crippen LogP contribution is -2.26. The van der Waals surface area contributed by atoms with Gasteiger partial charge in [-0.1, -0.05) is 11.6 Å². The maximum absolute atomic E-state index is 5.95. The fraction of sp³-hybridized carbons (Fsp3) is 0.500. The highest BCUT2D eigenvalue weighted by Gasteiger charge is 2.09. The Morgan fingerprint density at radius 2 is 1.87 bits per heavy atom. The Hall–Kier alpha value is -0.730. The minimum absolute atomic E-state index is 0.161. The number of halogens is 1. The molecule has 0 fully saturated rings. The molecule has 0 amide bonds. The van der Waals surface area contributed by atoms with Gasteiger partial charge in [-0.25, -0.2) is 0 Å². The second-order valence-corrected chi connectivity index (χ2v) is 4.29. The highest BCUT2D eigenvalue weighted by molar-refractivity contribution is 6.30. The summed E-state index contributed by atoms with van der Waals surface area (Å²) in [5.41, 5.74) is 2.17. The van der Waals surface area contributed by atoms with E-state index in [1.807, 2.05) is 40.0 Å². The molecule has 0 spiro atoms. The van der Waals surface area contributed by atoms with Gasteiger partial charge in [0.2, 0.25) is 0 Å². The van der Waals surface area contributed by atoms with Crippen LogP contribution in [0, 0.1) is 13.8 Å². The number of likely N-dealkylation sites (N-methyl/N-ethyl adjacent to an activating group) is 1. The first kappa shape index (κ1) is 12.3. The quantitative estimate of drug-likeness (QED) is 0.854. The van der Waals surface area contributed by atoms with Gasteiger partial charge in [-0.3, -0.25) is 0 Å². The van der Waals surface area contributed by atoms with Crippen LogP contribution >= 0.6 is 11.6 Å². The number of hydrogen-bond donors (Lipinski definition) is 1. The van der Waals surface area contributed by atoms with Crippen molar-refractivity contribution in [2.24, 2.45) is 0 Å². The van der Waals surface area contributed by atoms with Gasteiger partial charge < -0.3 is 10.1 Å². The molecular formula is C12H18ClNO. The summed E-state index contributed by atoms with van der Waals surface area (Å²) < 4.78 is 5.85. The number of rotatable bonds is 4. The van der Waals surface area contributed by atoms with Gasteiger partial charge >= 0.3 is 0 Å². The first-order valence-corrected chi connectivity index (χ1v) is 5.50. The lowest BCUT2D eigenvalue weighted by molar-refractivity contribution is 0.218. The molecule has 0 bridgehead atoms. The van der Waals surface area contributed by atoms with Gasteiger partial charge in [0.05, 0.1) is 0 Å². The van der Waals surface area contributed by atoms with Crippen molar-refractivity contribution in [3.8, 4) is 5.75 Å². The van der Waals surface area contributed by atoms with Crippen LogP contribution < -0.4 is 10.1 Å². The summed E-state index contributed by atoms with van der Waals surface area (Å²) in [5, 5.41) is 3.85. The Labute approximate surface area is 96.6 Å². The Morgan fingerprint density at radius 1 is 1.33 bits per heavy atom. The van der Waals surface area contributed by atoms with Crippen LogP contribution in [0.2, 0.25) is 5.02 Å². The van der Waals surface area contributed by atoms with Gasteiger partial charge in [0.15, 0.2) is 0 Å². The van der Waals surface area contributed by atoms with Gasteiger partial charge in [-0.2, -0.15) is 0 Å². The fourth-order valence-electron chi connectivity index (χ4n) is 1.61. The van der Waals surface area contributed by atoms with Crippen molar-refractivity contribution in [2.75, 3.05) is 13.6 Å². The monoisotopic (exact) mass is 227 g/mol. The normalized spacial score (nSPS) is 12.6. The third kappa shape index (κ3) is 3.40. The van der Waals surface area contributed by atoms with E-state index in [0.29, 0.717) is 0 Å². The molecular weight excluding hydrogens is 210 g/mol. The van der Waals surface area contributed by atoms with E-state index in [-0.39, 0.29) is 6.10 Å². The Morgan fingerprint density at radius 3 is 2.33 bits per heavy atom. The second kappa shape index (κ2) is 5.38. The molecule has 0 saturated carbocycles. The molecule has 1 unspecified atom stereocenters. The molecule has 2 nitrogen and oxygen atoms in total. The highest BCUT2D eigenvalue weighted by Crippen LogP contribution is 2.27. The van der Waals surface area contributed by atoms with E-state index >= 15 is 0 Å². The van der Waals surface area contributed by atoms with Crippen LogP contribution in [-0.4, -0.2) is 19.7 Å². The van der Waals surface area contributed by atoms with Crippen molar-refractivity contribution in [3.63, 3.8) is 0 Å². The van der Waals surface area contributed by atoms with Gasteiger partial charge in [-0.05, 0) is 51.1 Å². The summed E-state index contributed by atoms with van der Waals surface area (Å²) in [6.45, 7) is 6.91. The number of nitrogens with one attached hydrogen (secondary N) is 1. The first-order valence-electron chi connectivity index (χ1n) is 5.12. The molecule has 0 aliphatic rings. The van der Waals surface area contributed by atoms with Crippen LogP contribution in [0.5, 0.6) is 5.75 Å². The minimum Gasteiger partial charge on any atom is -0.489 e. The summed E-state index contributed by atoms with van der Waals surface area (Å²) in [4.78, 5) is 0. The average Bonchev–Trinajstić information content (AvgIpc) is 2.11. The van der Waals surface area contributed by atoms with Crippen LogP contribution in [0.15, 0.2) is 12.1 Å². The van der Waals surface area contributed by atoms with Gasteiger partial charge in [0.1, 0.15) is 11.9 Å². The minimum atomic E-state index is 0.161. The van der Waals surface area contributed by atoms with Gasteiger partial charge in [-0.15, -0.1) is 0 Å². The fourth-order valence-corrected chi connectivity index (χ4v) is 1.94. The Bertz CT molecular complexity index is 315. The molecule has 84 valence electrons. The number of hydrogen-bond acceptors (Lipinski definition) is 2. The van der Waals surface area contributed by atoms with Crippen molar-refractivity contribution >= 4 is 11.6 Å². The second-order valence-electron chi connectivity index (χ2n) is 3.85. The molecule has 3 heteroatoms. The molecule has 0 aliphatic carbocycles. The van der Waals surface area contributed by atoms with Crippen molar-refractivity contribution in [3.05, 3.63) is 28.3 Å². The topological polar surface area (TPSA) is 21.3 Å². The molecule has 15 heavy (non-hydrogen) atoms. The molecule has 1 N–H and O–H groups in total. The zero-order chi connectivity index (χ0) is 11.4. The third-order valence-corrected chi connectivity index (χ3v) is 2.45. The van der Waals surface area contributed by atoms with Crippen LogP contribution in [0.4, 0.5) is 0 Å². The van der Waals surface area contributed by atoms with E-state index in [9.17, 15) is 0 Å². The maximum Gasteiger partial charge on any atom is 0.125 e. The first-order chi connectivity index (χ1) is 7.04. The lowest BCUT2D eigenvalue weighted by Gasteiger charge is -2.18. The van der Waals surface area contributed by atoms with E-state index in [0.717, 1.165) is 28.4 Å². The lowest BCUT2D eigenvalue weighted by atomic mass is 10.1. The van der Waals surface area contributed by atoms with Crippen LogP contribution in [0.1, 0.15) is 18.1 Å². The molecule has 1 rings (SSSR count).